The van der Waals surface area contributed by atoms with Crippen LogP contribution in [0.3, 0.4) is 0 Å². The van der Waals surface area contributed by atoms with Gasteiger partial charge in [-0.3, -0.25) is 9.59 Å². The second-order valence-corrected chi connectivity index (χ2v) is 8.56. The van der Waals surface area contributed by atoms with Crippen molar-refractivity contribution in [3.8, 4) is 5.75 Å². The summed E-state index contributed by atoms with van der Waals surface area (Å²) in [7, 11) is 0. The van der Waals surface area contributed by atoms with Gasteiger partial charge in [-0.1, -0.05) is 13.3 Å². The van der Waals surface area contributed by atoms with Gasteiger partial charge in [0.25, 0.3) is 5.91 Å². The van der Waals surface area contributed by atoms with Crippen LogP contribution in [0, 0.1) is 17.8 Å². The number of aryl methyl sites for hydroxylation is 1. The van der Waals surface area contributed by atoms with Crippen LogP contribution >= 0.6 is 0 Å². The third-order valence-electron chi connectivity index (χ3n) is 6.55. The van der Waals surface area contributed by atoms with Gasteiger partial charge in [0.15, 0.2) is 12.4 Å². The molecule has 3 heterocycles. The smallest absolute Gasteiger partial charge is 0.261 e. The molecule has 0 bridgehead atoms. The molecule has 10 nitrogen and oxygen atoms in total. The minimum Gasteiger partial charge on any atom is -0.467 e. The number of ether oxygens (including phenoxy) is 1. The number of amides is 2. The SMILES string of the molecule is CCCc1cc(NC(=O)c2cnn3cccnc23)c(N2C[C@@H]3[C@H](C2)[C@H]3C(N)=O)cc1OCO. The van der Waals surface area contributed by atoms with Crippen molar-refractivity contribution in [1.82, 2.24) is 14.6 Å². The molecule has 0 radical (unpaired) electrons. The van der Waals surface area contributed by atoms with Crippen LogP contribution in [0.15, 0.2) is 36.8 Å². The molecule has 2 aromatic heterocycles. The van der Waals surface area contributed by atoms with Crippen molar-refractivity contribution in [3.63, 3.8) is 0 Å². The van der Waals surface area contributed by atoms with Gasteiger partial charge in [0.05, 0.1) is 17.6 Å². The average Bonchev–Trinajstić information content (AvgIpc) is 3.11. The predicted octanol–water partition coefficient (Wildman–Crippen LogP) is 1.43. The fourth-order valence-electron chi connectivity index (χ4n) is 4.97. The minimum absolute atomic E-state index is 0.0725. The van der Waals surface area contributed by atoms with E-state index in [1.807, 2.05) is 12.1 Å². The number of piperidine rings is 1. The van der Waals surface area contributed by atoms with E-state index in [1.165, 1.54) is 6.20 Å². The summed E-state index contributed by atoms with van der Waals surface area (Å²) in [5.74, 6) is 0.400. The van der Waals surface area contributed by atoms with Crippen molar-refractivity contribution < 1.29 is 19.4 Å². The fraction of sp³-hybridized carbons (Fsp3) is 0.391. The summed E-state index contributed by atoms with van der Waals surface area (Å²) in [6.07, 6.45) is 6.45. The van der Waals surface area contributed by atoms with Crippen molar-refractivity contribution in [3.05, 3.63) is 47.9 Å². The standard InChI is InChI=1S/C23H26N6O4/c1-2-4-13-7-17(27-23(32)14-9-26-29-6-3-5-25-22(14)29)18(8-19(13)33-12-30)28-10-15-16(11-28)20(15)21(24)31/h3,5-9,15-16,20,30H,2,4,10-12H2,1H3,(H2,24,31)(H,27,32)/t15-,16+,20+. The molecule has 33 heavy (non-hydrogen) atoms. The average molecular weight is 450 g/mol. The van der Waals surface area contributed by atoms with Crippen LogP contribution in [0.5, 0.6) is 5.75 Å². The van der Waals surface area contributed by atoms with Crippen molar-refractivity contribution >= 4 is 28.8 Å². The Morgan fingerprint density at radius 3 is 2.79 bits per heavy atom. The first-order valence-corrected chi connectivity index (χ1v) is 11.1. The number of aliphatic hydroxyl groups excluding tert-OH is 1. The summed E-state index contributed by atoms with van der Waals surface area (Å²) < 4.78 is 7.05. The van der Waals surface area contributed by atoms with E-state index in [2.05, 4.69) is 27.2 Å². The highest BCUT2D eigenvalue weighted by Crippen LogP contribution is 2.53. The van der Waals surface area contributed by atoms with Crippen molar-refractivity contribution in [2.45, 2.75) is 19.8 Å². The lowest BCUT2D eigenvalue weighted by Gasteiger charge is -2.26. The zero-order chi connectivity index (χ0) is 23.1. The summed E-state index contributed by atoms with van der Waals surface area (Å²) in [5, 5.41) is 16.6. The van der Waals surface area contributed by atoms with E-state index in [4.69, 9.17) is 10.5 Å². The molecule has 1 aromatic carbocycles. The van der Waals surface area contributed by atoms with Crippen molar-refractivity contribution in [2.24, 2.45) is 23.5 Å². The number of nitrogens with zero attached hydrogens (tertiary/aromatic N) is 4. The maximum Gasteiger partial charge on any atom is 0.261 e. The number of hydrogen-bond donors (Lipinski definition) is 3. The predicted molar refractivity (Wildman–Crippen MR) is 121 cm³/mol. The summed E-state index contributed by atoms with van der Waals surface area (Å²) in [6, 6.07) is 5.50. The number of nitrogens with one attached hydrogen (secondary N) is 1. The number of anilines is 2. The van der Waals surface area contributed by atoms with Gasteiger partial charge in [0, 0.05) is 37.5 Å². The largest absolute Gasteiger partial charge is 0.467 e. The van der Waals surface area contributed by atoms with Crippen molar-refractivity contribution in [1.29, 1.82) is 0 Å². The Bertz CT molecular complexity index is 1210. The van der Waals surface area contributed by atoms with E-state index in [9.17, 15) is 14.7 Å². The molecule has 4 N–H and O–H groups in total. The van der Waals surface area contributed by atoms with E-state index in [-0.39, 0.29) is 29.6 Å². The molecule has 0 spiro atoms. The number of fused-ring (bicyclic) bond motifs is 2. The fourth-order valence-corrected chi connectivity index (χ4v) is 4.97. The molecular formula is C23H26N6O4. The summed E-state index contributed by atoms with van der Waals surface area (Å²) >= 11 is 0. The van der Waals surface area contributed by atoms with Gasteiger partial charge < -0.3 is 25.8 Å². The highest BCUT2D eigenvalue weighted by atomic mass is 16.6. The number of primary amides is 1. The lowest BCUT2D eigenvalue weighted by molar-refractivity contribution is -0.119. The molecule has 5 rings (SSSR count). The third kappa shape index (κ3) is 3.76. The normalized spacial score (nSPS) is 21.2. The zero-order valence-electron chi connectivity index (χ0n) is 18.3. The lowest BCUT2D eigenvalue weighted by Crippen LogP contribution is -2.29. The molecule has 1 aliphatic heterocycles. The Morgan fingerprint density at radius 2 is 2.09 bits per heavy atom. The van der Waals surface area contributed by atoms with Gasteiger partial charge in [0.2, 0.25) is 5.91 Å². The Hall–Kier alpha value is -3.66. The number of carbonyl (C=O) groups excluding carboxylic acids is 2. The molecule has 1 aliphatic carbocycles. The van der Waals surface area contributed by atoms with E-state index < -0.39 is 6.79 Å². The topological polar surface area (TPSA) is 135 Å². The maximum atomic E-state index is 13.2. The third-order valence-corrected chi connectivity index (χ3v) is 6.55. The first-order valence-electron chi connectivity index (χ1n) is 11.1. The van der Waals surface area contributed by atoms with Crippen LogP contribution < -0.4 is 20.7 Å². The van der Waals surface area contributed by atoms with E-state index >= 15 is 0 Å². The number of carbonyl (C=O) groups is 2. The Balaban J connectivity index is 1.48. The van der Waals surface area contributed by atoms with Crippen LogP contribution in [-0.2, 0) is 11.2 Å². The quantitative estimate of drug-likeness (QED) is 0.442. The summed E-state index contributed by atoms with van der Waals surface area (Å²) in [6.45, 7) is 2.96. The van der Waals surface area contributed by atoms with Gasteiger partial charge in [-0.05, 0) is 36.0 Å². The number of aromatic nitrogens is 3. The number of hydrogen-bond acceptors (Lipinski definition) is 7. The summed E-state index contributed by atoms with van der Waals surface area (Å²) in [5.41, 5.74) is 8.66. The minimum atomic E-state index is -0.440. The molecule has 3 atom stereocenters. The maximum absolute atomic E-state index is 13.2. The number of nitrogens with two attached hydrogens (primary N) is 1. The Morgan fingerprint density at radius 1 is 1.30 bits per heavy atom. The Kier molecular flexibility index (Phi) is 5.37. The van der Waals surface area contributed by atoms with E-state index in [0.29, 0.717) is 35.7 Å². The van der Waals surface area contributed by atoms with Gasteiger partial charge >= 0.3 is 0 Å². The van der Waals surface area contributed by atoms with Gasteiger partial charge in [0.1, 0.15) is 11.3 Å². The second kappa shape index (κ2) is 8.36. The molecule has 2 aliphatic rings. The van der Waals surface area contributed by atoms with E-state index in [0.717, 1.165) is 24.1 Å². The van der Waals surface area contributed by atoms with Crippen LogP contribution in [0.1, 0.15) is 29.3 Å². The van der Waals surface area contributed by atoms with Gasteiger partial charge in [-0.15, -0.1) is 0 Å². The molecule has 2 amide bonds. The number of benzene rings is 1. The number of rotatable bonds is 8. The first-order chi connectivity index (χ1) is 16.0. The van der Waals surface area contributed by atoms with Crippen LogP contribution in [0.2, 0.25) is 0 Å². The Labute approximate surface area is 190 Å². The molecular weight excluding hydrogens is 424 g/mol. The highest BCUT2D eigenvalue weighted by Gasteiger charge is 2.59. The highest BCUT2D eigenvalue weighted by molar-refractivity contribution is 6.09. The molecule has 1 saturated carbocycles. The van der Waals surface area contributed by atoms with Gasteiger partial charge in [-0.25, -0.2) is 9.50 Å². The second-order valence-electron chi connectivity index (χ2n) is 8.56. The number of aliphatic hydroxyl groups is 1. The van der Waals surface area contributed by atoms with Crippen molar-refractivity contribution in [2.75, 3.05) is 30.1 Å². The molecule has 3 aromatic rings. The first kappa shape index (κ1) is 21.2. The van der Waals surface area contributed by atoms with Crippen LogP contribution in [0.25, 0.3) is 5.65 Å². The van der Waals surface area contributed by atoms with E-state index in [1.54, 1.807) is 23.0 Å². The molecule has 1 saturated heterocycles. The molecule has 172 valence electrons. The van der Waals surface area contributed by atoms with Crippen LogP contribution in [0.4, 0.5) is 11.4 Å². The molecule has 0 unspecified atom stereocenters. The zero-order valence-corrected chi connectivity index (χ0v) is 18.3. The molecule has 10 heteroatoms. The summed E-state index contributed by atoms with van der Waals surface area (Å²) in [4.78, 5) is 31.2. The van der Waals surface area contributed by atoms with Crippen LogP contribution in [-0.4, -0.2) is 51.4 Å². The monoisotopic (exact) mass is 450 g/mol. The molecule has 2 fully saturated rings. The lowest BCUT2D eigenvalue weighted by atomic mass is 10.1. The van der Waals surface area contributed by atoms with Gasteiger partial charge in [-0.2, -0.15) is 5.10 Å².